The summed E-state index contributed by atoms with van der Waals surface area (Å²) in [5.41, 5.74) is 23.2. The molecule has 2 nitrogen and oxygen atoms in total. The van der Waals surface area contributed by atoms with E-state index in [2.05, 4.69) is 272 Å². The molecular weight excluding hydrogens is 857 g/mol. The Bertz CT molecular complexity index is 4010. The van der Waals surface area contributed by atoms with E-state index >= 15 is 0 Å². The van der Waals surface area contributed by atoms with E-state index < -0.39 is 5.41 Å². The van der Waals surface area contributed by atoms with Gasteiger partial charge < -0.3 is 9.47 Å². The van der Waals surface area contributed by atoms with Gasteiger partial charge in [0.1, 0.15) is 0 Å². The van der Waals surface area contributed by atoms with Gasteiger partial charge in [0.15, 0.2) is 0 Å². The lowest BCUT2D eigenvalue weighted by atomic mass is 9.70. The predicted molar refractivity (Wildman–Crippen MR) is 300 cm³/mol. The van der Waals surface area contributed by atoms with Crippen molar-refractivity contribution in [2.24, 2.45) is 0 Å². The van der Waals surface area contributed by atoms with E-state index in [1.165, 1.54) is 105 Å². The number of rotatable bonds is 6. The van der Waals surface area contributed by atoms with Crippen LogP contribution in [0.25, 0.3) is 72.2 Å². The van der Waals surface area contributed by atoms with E-state index in [0.717, 1.165) is 29.2 Å². The molecule has 0 saturated carbocycles. The number of aromatic nitrogens is 1. The fraction of sp³-hybridized carbons (Fsp3) is 0.0725. The molecule has 10 aromatic carbocycles. The zero-order valence-corrected chi connectivity index (χ0v) is 39.9. The fourth-order valence-electron chi connectivity index (χ4n) is 12.9. The normalized spacial score (nSPS) is 17.0. The van der Waals surface area contributed by atoms with Crippen molar-refractivity contribution < 1.29 is 0 Å². The fourth-order valence-corrected chi connectivity index (χ4v) is 12.9. The minimum atomic E-state index is -0.601. The van der Waals surface area contributed by atoms with Crippen LogP contribution in [0.5, 0.6) is 0 Å². The monoisotopic (exact) mass is 906 g/mol. The maximum Gasteiger partial charge on any atom is 0.0782 e. The van der Waals surface area contributed by atoms with E-state index in [1.807, 2.05) is 0 Å². The zero-order chi connectivity index (χ0) is 47.2. The van der Waals surface area contributed by atoms with Gasteiger partial charge in [-0.05, 0) is 134 Å². The summed E-state index contributed by atoms with van der Waals surface area (Å²) in [4.78, 5) is 2.54. The van der Waals surface area contributed by atoms with Crippen molar-refractivity contribution in [1.29, 1.82) is 0 Å². The molecule has 71 heavy (non-hydrogen) atoms. The van der Waals surface area contributed by atoms with Crippen LogP contribution in [0.15, 0.2) is 248 Å². The Labute approximate surface area is 415 Å². The first-order valence-electron chi connectivity index (χ1n) is 25.1. The summed E-state index contributed by atoms with van der Waals surface area (Å²) >= 11 is 0. The van der Waals surface area contributed by atoms with E-state index in [9.17, 15) is 0 Å². The number of hydrogen-bond acceptors (Lipinski definition) is 1. The highest BCUT2D eigenvalue weighted by Crippen LogP contribution is 2.65. The lowest BCUT2D eigenvalue weighted by Crippen LogP contribution is -2.26. The van der Waals surface area contributed by atoms with Gasteiger partial charge in [0.25, 0.3) is 0 Å². The Morgan fingerprint density at radius 3 is 1.93 bits per heavy atom. The lowest BCUT2D eigenvalue weighted by Gasteiger charge is -2.33. The first kappa shape index (κ1) is 41.3. The Morgan fingerprint density at radius 1 is 0.507 bits per heavy atom. The van der Waals surface area contributed by atoms with Gasteiger partial charge >= 0.3 is 0 Å². The molecule has 336 valence electrons. The lowest BCUT2D eigenvalue weighted by molar-refractivity contribution is 0.758. The van der Waals surface area contributed by atoms with Crippen LogP contribution in [0.4, 0.5) is 17.1 Å². The first-order valence-corrected chi connectivity index (χ1v) is 25.1. The average Bonchev–Trinajstić information content (AvgIpc) is 4.07. The Balaban J connectivity index is 1.08. The van der Waals surface area contributed by atoms with Gasteiger partial charge in [-0.15, -0.1) is 0 Å². The Kier molecular flexibility index (Phi) is 9.41. The summed E-state index contributed by atoms with van der Waals surface area (Å²) in [7, 11) is 0. The quantitative estimate of drug-likeness (QED) is 0.161. The molecule has 3 aliphatic rings. The van der Waals surface area contributed by atoms with Crippen LogP contribution in [-0.4, -0.2) is 4.57 Å². The van der Waals surface area contributed by atoms with E-state index in [-0.39, 0.29) is 0 Å². The maximum absolute atomic E-state index is 2.58. The highest BCUT2D eigenvalue weighted by Gasteiger charge is 2.52. The third-order valence-electron chi connectivity index (χ3n) is 15.9. The summed E-state index contributed by atoms with van der Waals surface area (Å²) in [6.07, 6.45) is 10.4. The van der Waals surface area contributed by atoms with Crippen molar-refractivity contribution in [3.8, 4) is 27.9 Å². The van der Waals surface area contributed by atoms with E-state index in [1.54, 1.807) is 0 Å². The topological polar surface area (TPSA) is 8.17 Å². The third-order valence-corrected chi connectivity index (χ3v) is 15.9. The largest absolute Gasteiger partial charge is 0.308 e. The van der Waals surface area contributed by atoms with Crippen molar-refractivity contribution >= 4 is 61.3 Å². The zero-order valence-electron chi connectivity index (χ0n) is 39.9. The van der Waals surface area contributed by atoms with Gasteiger partial charge in [0, 0.05) is 33.5 Å². The Morgan fingerprint density at radius 2 is 1.15 bits per heavy atom. The molecule has 0 bridgehead atoms. The van der Waals surface area contributed by atoms with Crippen LogP contribution >= 0.6 is 0 Å². The number of anilines is 3. The third kappa shape index (κ3) is 6.01. The van der Waals surface area contributed by atoms with Crippen LogP contribution in [-0.2, 0) is 5.41 Å². The predicted octanol–water partition coefficient (Wildman–Crippen LogP) is 18.3. The molecule has 0 aliphatic heterocycles. The van der Waals surface area contributed by atoms with E-state index in [0.29, 0.717) is 5.92 Å². The summed E-state index contributed by atoms with van der Waals surface area (Å²) in [5.74, 6) is 0.327. The number of nitrogens with zero attached hydrogens (tertiary/aromatic N) is 2. The number of fused-ring (bicyclic) bond motifs is 16. The SMILES string of the molecule is CCC1/C(C)=C/C(c2ccc3c(c2)C2(c4ccccc4-c4ccccc42)c2cc(N(c4ccccc4)c4cccc5c6ccccc6n(-c6ccccc6)c45)c4ccccc4c2-3)=C\C=C\c2ccccc21. The molecule has 11 aromatic rings. The summed E-state index contributed by atoms with van der Waals surface area (Å²) in [6, 6.07) is 84.0. The molecule has 1 aromatic heterocycles. The summed E-state index contributed by atoms with van der Waals surface area (Å²) in [6.45, 7) is 4.64. The highest BCUT2D eigenvalue weighted by atomic mass is 15.2. The summed E-state index contributed by atoms with van der Waals surface area (Å²) in [5, 5.41) is 4.90. The van der Waals surface area contributed by atoms with Crippen molar-refractivity contribution in [3.63, 3.8) is 0 Å². The second kappa shape index (κ2) is 16.2. The molecule has 0 amide bonds. The second-order valence-corrected chi connectivity index (χ2v) is 19.5. The van der Waals surface area contributed by atoms with Crippen LogP contribution in [0.3, 0.4) is 0 Å². The molecular formula is C69H50N2. The van der Waals surface area contributed by atoms with Crippen LogP contribution in [0, 0.1) is 0 Å². The highest BCUT2D eigenvalue weighted by molar-refractivity contribution is 6.17. The molecule has 3 aliphatic carbocycles. The van der Waals surface area contributed by atoms with Crippen molar-refractivity contribution in [2.75, 3.05) is 4.90 Å². The van der Waals surface area contributed by atoms with Crippen LogP contribution in [0.1, 0.15) is 65.1 Å². The average molecular weight is 907 g/mol. The van der Waals surface area contributed by atoms with Gasteiger partial charge in [0.2, 0.25) is 0 Å². The molecule has 1 heterocycles. The first-order chi connectivity index (χ1) is 35.1. The van der Waals surface area contributed by atoms with Gasteiger partial charge in [-0.1, -0.05) is 213 Å². The summed E-state index contributed by atoms with van der Waals surface area (Å²) < 4.78 is 2.46. The molecule has 1 unspecified atom stereocenters. The molecule has 1 atom stereocenters. The van der Waals surface area contributed by atoms with Gasteiger partial charge in [-0.25, -0.2) is 0 Å². The van der Waals surface area contributed by atoms with Crippen molar-refractivity contribution in [2.45, 2.75) is 31.6 Å². The molecule has 1 spiro atoms. The van der Waals surface area contributed by atoms with E-state index in [4.69, 9.17) is 0 Å². The smallest absolute Gasteiger partial charge is 0.0782 e. The van der Waals surface area contributed by atoms with Crippen molar-refractivity contribution in [1.82, 2.24) is 4.57 Å². The standard InChI is InChI=1S/C69H50N2/c1-3-51-45(2)42-47(24-20-23-46-22-10-11-29-52(46)51)48-40-41-59-62(43-48)69(60-36-17-14-30-53(60)54-31-15-18-37-61(54)69)63-44-66(55-32-12-13-34-57(55)67(59)63)70(49-25-6-4-7-26-49)65-39-21-35-58-56-33-16-19-38-64(56)71(68(58)65)50-27-8-5-9-28-50/h4-44,51H,3H2,1-2H3/b23-20+,45-42+,47-24+. The van der Waals surface area contributed by atoms with Crippen molar-refractivity contribution in [3.05, 3.63) is 287 Å². The van der Waals surface area contributed by atoms with Gasteiger partial charge in [-0.2, -0.15) is 0 Å². The number of allylic oxidation sites excluding steroid dienone is 5. The van der Waals surface area contributed by atoms with Crippen LogP contribution in [0.2, 0.25) is 0 Å². The Hall–Kier alpha value is -8.72. The van der Waals surface area contributed by atoms with Gasteiger partial charge in [0.05, 0.1) is 27.8 Å². The van der Waals surface area contributed by atoms with Crippen LogP contribution < -0.4 is 4.90 Å². The second-order valence-electron chi connectivity index (χ2n) is 19.5. The molecule has 0 fully saturated rings. The molecule has 2 heteroatoms. The number of benzene rings is 10. The molecule has 0 radical (unpaired) electrons. The maximum atomic E-state index is 2.58. The van der Waals surface area contributed by atoms with Gasteiger partial charge in [-0.3, -0.25) is 0 Å². The number of para-hydroxylation sites is 4. The molecule has 0 saturated heterocycles. The number of hydrogen-bond donors (Lipinski definition) is 0. The molecule has 14 rings (SSSR count). The minimum absolute atomic E-state index is 0.327. The molecule has 0 N–H and O–H groups in total. The minimum Gasteiger partial charge on any atom is -0.308 e.